The first-order valence-corrected chi connectivity index (χ1v) is 5.43. The highest BCUT2D eigenvalue weighted by atomic mass is 35.5. The standard InChI is InChI=1S/C11H14ClN5O2/c12-11-14-9-8(10(18)15-11)17(7-13-9)2-1-16-3-5-19-6-4-16/h7H,1-6H2,(H,14,15,18)/i2D2,3D2,4D2,5D2,6D2. The fourth-order valence-corrected chi connectivity index (χ4v) is 1.63. The van der Waals surface area contributed by atoms with E-state index in [9.17, 15) is 4.79 Å². The summed E-state index contributed by atoms with van der Waals surface area (Å²) in [5.74, 6) is 0. The van der Waals surface area contributed by atoms with Crippen LogP contribution in [0.4, 0.5) is 0 Å². The molecule has 2 aromatic rings. The van der Waals surface area contributed by atoms with E-state index in [1.165, 1.54) is 0 Å². The van der Waals surface area contributed by atoms with Gasteiger partial charge >= 0.3 is 0 Å². The molecule has 0 aliphatic carbocycles. The molecule has 0 aromatic carbocycles. The molecule has 0 spiro atoms. The van der Waals surface area contributed by atoms with Crippen molar-refractivity contribution in [1.82, 2.24) is 24.4 Å². The highest BCUT2D eigenvalue weighted by Crippen LogP contribution is 2.08. The first-order valence-electron chi connectivity index (χ1n) is 10.1. The van der Waals surface area contributed by atoms with Gasteiger partial charge in [-0.2, -0.15) is 4.98 Å². The molecule has 1 saturated heterocycles. The Morgan fingerprint density at radius 3 is 3.16 bits per heavy atom. The topological polar surface area (TPSA) is 76.0 Å². The predicted octanol–water partition coefficient (Wildman–Crippen LogP) is 0.105. The number of fused-ring (bicyclic) bond motifs is 1. The second-order valence-corrected chi connectivity index (χ2v) is 3.78. The third kappa shape index (κ3) is 2.63. The van der Waals surface area contributed by atoms with Gasteiger partial charge in [0.15, 0.2) is 11.2 Å². The lowest BCUT2D eigenvalue weighted by Crippen LogP contribution is -2.38. The highest BCUT2D eigenvalue weighted by Gasteiger charge is 2.13. The minimum Gasteiger partial charge on any atom is -0.379 e. The lowest BCUT2D eigenvalue weighted by molar-refractivity contribution is 0.0365. The minimum atomic E-state index is -3.32. The average Bonchev–Trinajstić information content (AvgIpc) is 2.95. The van der Waals surface area contributed by atoms with Gasteiger partial charge in [-0.3, -0.25) is 14.7 Å². The molecule has 1 aliphatic heterocycles. The zero-order chi connectivity index (χ0) is 22.2. The van der Waals surface area contributed by atoms with Crippen molar-refractivity contribution in [3.8, 4) is 0 Å². The molecule has 2 aromatic heterocycles. The minimum absolute atomic E-state index is 0.0485. The Bertz CT molecular complexity index is 995. The third-order valence-corrected chi connectivity index (χ3v) is 2.43. The number of hydrogen-bond acceptors (Lipinski definition) is 5. The van der Waals surface area contributed by atoms with Crippen LogP contribution >= 0.6 is 11.6 Å². The van der Waals surface area contributed by atoms with Crippen LogP contribution in [-0.4, -0.2) is 57.1 Å². The van der Waals surface area contributed by atoms with Gasteiger partial charge in [-0.25, -0.2) is 4.98 Å². The molecule has 0 unspecified atom stereocenters. The molecular formula is C11H14ClN5O2. The van der Waals surface area contributed by atoms with Gasteiger partial charge in [-0.15, -0.1) is 0 Å². The summed E-state index contributed by atoms with van der Waals surface area (Å²) in [5.41, 5.74) is -1.46. The maximum atomic E-state index is 12.2. The summed E-state index contributed by atoms with van der Waals surface area (Å²) in [6, 6.07) is 0. The summed E-state index contributed by atoms with van der Waals surface area (Å²) < 4.78 is 84.1. The molecule has 19 heavy (non-hydrogen) atoms. The molecule has 7 nitrogen and oxygen atoms in total. The van der Waals surface area contributed by atoms with Crippen LogP contribution in [0.5, 0.6) is 0 Å². The number of nitrogens with zero attached hydrogens (tertiary/aromatic N) is 4. The Morgan fingerprint density at radius 2 is 2.37 bits per heavy atom. The number of rotatable bonds is 3. The van der Waals surface area contributed by atoms with Crippen molar-refractivity contribution < 1.29 is 18.4 Å². The molecule has 0 bridgehead atoms. The molecule has 1 N–H and O–H groups in total. The average molecular weight is 294 g/mol. The third-order valence-electron chi connectivity index (χ3n) is 2.25. The maximum absolute atomic E-state index is 12.2. The second kappa shape index (κ2) is 5.28. The second-order valence-electron chi connectivity index (χ2n) is 3.42. The number of morpholine rings is 1. The van der Waals surface area contributed by atoms with Crippen LogP contribution in [0.15, 0.2) is 11.1 Å². The van der Waals surface area contributed by atoms with E-state index >= 15 is 0 Å². The van der Waals surface area contributed by atoms with Gasteiger partial charge in [-0.1, -0.05) is 0 Å². The van der Waals surface area contributed by atoms with Crippen LogP contribution in [0.3, 0.4) is 0 Å². The van der Waals surface area contributed by atoms with E-state index in [0.29, 0.717) is 4.57 Å². The maximum Gasteiger partial charge on any atom is 0.278 e. The smallest absolute Gasteiger partial charge is 0.278 e. The van der Waals surface area contributed by atoms with Crippen molar-refractivity contribution in [3.05, 3.63) is 22.0 Å². The van der Waals surface area contributed by atoms with Crippen molar-refractivity contribution in [2.24, 2.45) is 0 Å². The first kappa shape index (κ1) is 5.51. The van der Waals surface area contributed by atoms with Gasteiger partial charge in [-0.05, 0) is 11.6 Å². The normalized spacial score (nSPS) is 36.3. The van der Waals surface area contributed by atoms with Gasteiger partial charge in [0, 0.05) is 31.5 Å². The largest absolute Gasteiger partial charge is 0.379 e. The van der Waals surface area contributed by atoms with Crippen molar-refractivity contribution >= 4 is 22.8 Å². The Kier molecular flexibility index (Phi) is 1.53. The van der Waals surface area contributed by atoms with Crippen LogP contribution in [0, 0.1) is 0 Å². The number of H-pyrrole nitrogens is 1. The molecule has 0 amide bonds. The zero-order valence-corrected chi connectivity index (χ0v) is 10.0. The van der Waals surface area contributed by atoms with Gasteiger partial charge in [0.05, 0.1) is 27.7 Å². The molecule has 0 atom stereocenters. The molecule has 1 aliphatic rings. The molecule has 0 saturated carbocycles. The SMILES string of the molecule is [2H]C([2H])(CN1C([2H])([2H])C([2H])([2H])OC([2H])([2H])C1([2H])[2H])n1cnc2nc(Cl)[nH]c(=O)c21. The molecule has 0 radical (unpaired) electrons. The molecule has 3 rings (SSSR count). The van der Waals surface area contributed by atoms with Gasteiger partial charge in [0.1, 0.15) is 0 Å². The Balaban J connectivity index is 2.12. The lowest BCUT2D eigenvalue weighted by atomic mass is 10.4. The van der Waals surface area contributed by atoms with E-state index in [1.807, 2.05) is 0 Å². The Hall–Kier alpha value is -1.44. The van der Waals surface area contributed by atoms with E-state index in [-0.39, 0.29) is 21.3 Å². The molecule has 8 heteroatoms. The fraction of sp³-hybridized carbons (Fsp3) is 0.545. The fourth-order valence-electron chi connectivity index (χ4n) is 1.46. The summed E-state index contributed by atoms with van der Waals surface area (Å²) in [6.07, 6.45) is 0.873. The van der Waals surface area contributed by atoms with Crippen LogP contribution in [0.25, 0.3) is 11.2 Å². The van der Waals surface area contributed by atoms with Gasteiger partial charge < -0.3 is 9.30 Å². The van der Waals surface area contributed by atoms with Crippen LogP contribution < -0.4 is 5.56 Å². The number of hydrogen-bond donors (Lipinski definition) is 1. The molecule has 1 fully saturated rings. The molecule has 3 heterocycles. The van der Waals surface area contributed by atoms with E-state index in [0.717, 1.165) is 6.33 Å². The van der Waals surface area contributed by atoms with Crippen molar-refractivity contribution in [2.45, 2.75) is 6.50 Å². The first-order chi connectivity index (χ1) is 12.9. The predicted molar refractivity (Wildman–Crippen MR) is 70.4 cm³/mol. The van der Waals surface area contributed by atoms with Crippen LogP contribution in [0.1, 0.15) is 13.7 Å². The van der Waals surface area contributed by atoms with Crippen molar-refractivity contribution in [1.29, 1.82) is 0 Å². The monoisotopic (exact) mass is 293 g/mol. The van der Waals surface area contributed by atoms with Gasteiger partial charge in [0.25, 0.3) is 5.56 Å². The Morgan fingerprint density at radius 1 is 1.58 bits per heavy atom. The number of aromatic nitrogens is 4. The van der Waals surface area contributed by atoms with Crippen LogP contribution in [0.2, 0.25) is 5.28 Å². The number of aromatic amines is 1. The molecule has 102 valence electrons. The van der Waals surface area contributed by atoms with Crippen molar-refractivity contribution in [3.63, 3.8) is 0 Å². The number of nitrogens with one attached hydrogen (secondary N) is 1. The number of imidazole rings is 1. The number of halogens is 1. The summed E-state index contributed by atoms with van der Waals surface area (Å²) in [5, 5.41) is -0.296. The van der Waals surface area contributed by atoms with Crippen LogP contribution in [-0.2, 0) is 11.2 Å². The zero-order valence-electron chi connectivity index (χ0n) is 19.3. The van der Waals surface area contributed by atoms with E-state index < -0.39 is 44.7 Å². The van der Waals surface area contributed by atoms with Crippen molar-refractivity contribution in [2.75, 3.05) is 32.7 Å². The highest BCUT2D eigenvalue weighted by molar-refractivity contribution is 6.28. The number of ether oxygens (including phenoxy) is 1. The lowest BCUT2D eigenvalue weighted by Gasteiger charge is -2.26. The summed E-state index contributed by atoms with van der Waals surface area (Å²) in [7, 11) is 0. The van der Waals surface area contributed by atoms with E-state index in [1.54, 1.807) is 0 Å². The van der Waals surface area contributed by atoms with E-state index in [4.69, 9.17) is 25.3 Å². The molecular weight excluding hydrogens is 270 g/mol. The summed E-state index contributed by atoms with van der Waals surface area (Å²) in [6.45, 7) is -17.1. The summed E-state index contributed by atoms with van der Waals surface area (Å²) >= 11 is 5.63. The van der Waals surface area contributed by atoms with E-state index in [2.05, 4.69) is 19.7 Å². The summed E-state index contributed by atoms with van der Waals surface area (Å²) in [4.78, 5) is 21.9. The quantitative estimate of drug-likeness (QED) is 0.813. The Labute approximate surface area is 128 Å². The van der Waals surface area contributed by atoms with Gasteiger partial charge in [0.2, 0.25) is 5.28 Å².